The van der Waals surface area contributed by atoms with Crippen LogP contribution in [0.4, 0.5) is 0 Å². The third-order valence-corrected chi connectivity index (χ3v) is 4.68. The second-order valence-electron chi connectivity index (χ2n) is 5.20. The number of hydrogen-bond acceptors (Lipinski definition) is 3. The van der Waals surface area contributed by atoms with E-state index in [0.29, 0.717) is 22.9 Å². The minimum atomic E-state index is -0.179. The number of hydrogen-bond donors (Lipinski definition) is 2. The molecule has 0 fully saturated rings. The third-order valence-electron chi connectivity index (χ3n) is 3.46. The first kappa shape index (κ1) is 16.8. The second-order valence-corrected chi connectivity index (χ2v) is 6.62. The number of ether oxygens (including phenoxy) is 1. The Morgan fingerprint density at radius 2 is 2.18 bits per heavy atom. The highest BCUT2D eigenvalue weighted by molar-refractivity contribution is 7.10. The van der Waals surface area contributed by atoms with Gasteiger partial charge in [-0.25, -0.2) is 0 Å². The fourth-order valence-corrected chi connectivity index (χ4v) is 3.35. The molecule has 0 radical (unpaired) electrons. The summed E-state index contributed by atoms with van der Waals surface area (Å²) in [6.45, 7) is 0.553. The van der Waals surface area contributed by atoms with Gasteiger partial charge in [0.2, 0.25) is 0 Å². The number of likely N-dealkylation sites (N-methyl/N-ethyl adjacent to an activating group) is 1. The molecule has 0 saturated carbocycles. The fourth-order valence-electron chi connectivity index (χ4n) is 2.23. The van der Waals surface area contributed by atoms with Crippen LogP contribution in [0.1, 0.15) is 21.3 Å². The maximum atomic E-state index is 12.4. The fraction of sp³-hybridized carbons (Fsp3) is 0.312. The van der Waals surface area contributed by atoms with Crippen molar-refractivity contribution in [1.82, 2.24) is 5.32 Å². The molecule has 118 valence electrons. The average molecular weight is 340 g/mol. The summed E-state index contributed by atoms with van der Waals surface area (Å²) in [5, 5.41) is 5.54. The van der Waals surface area contributed by atoms with Crippen molar-refractivity contribution in [3.8, 4) is 5.75 Å². The van der Waals surface area contributed by atoms with Crippen molar-refractivity contribution in [1.29, 1.82) is 0 Å². The summed E-state index contributed by atoms with van der Waals surface area (Å²) >= 11 is 7.67. The first-order chi connectivity index (χ1) is 10.5. The summed E-state index contributed by atoms with van der Waals surface area (Å²) in [7, 11) is 5.70. The first-order valence-electron chi connectivity index (χ1n) is 6.98. The zero-order chi connectivity index (χ0) is 16.1. The molecule has 0 saturated heterocycles. The van der Waals surface area contributed by atoms with Crippen LogP contribution in [-0.2, 0) is 0 Å². The molecule has 0 unspecified atom stereocenters. The van der Waals surface area contributed by atoms with Crippen molar-refractivity contribution in [3.63, 3.8) is 0 Å². The molecular weight excluding hydrogens is 320 g/mol. The molecule has 4 nitrogen and oxygen atoms in total. The molecule has 0 aliphatic carbocycles. The van der Waals surface area contributed by atoms with E-state index in [1.807, 2.05) is 11.4 Å². The number of rotatable bonds is 6. The topological polar surface area (TPSA) is 42.8 Å². The average Bonchev–Trinajstić information content (AvgIpc) is 3.01. The Bertz CT molecular complexity index is 629. The molecule has 1 aromatic carbocycles. The van der Waals surface area contributed by atoms with Crippen LogP contribution in [-0.4, -0.2) is 33.7 Å². The Hall–Kier alpha value is -1.56. The monoisotopic (exact) mass is 339 g/mol. The van der Waals surface area contributed by atoms with Gasteiger partial charge in [-0.2, -0.15) is 0 Å². The molecule has 1 heterocycles. The largest absolute Gasteiger partial charge is 0.496 e. The highest BCUT2D eigenvalue weighted by atomic mass is 35.5. The van der Waals surface area contributed by atoms with Crippen molar-refractivity contribution < 1.29 is 14.4 Å². The Kier molecular flexibility index (Phi) is 5.83. The van der Waals surface area contributed by atoms with E-state index >= 15 is 0 Å². The summed E-state index contributed by atoms with van der Waals surface area (Å²) in [5.74, 6) is 0.342. The number of methoxy groups -OCH3 is 1. The van der Waals surface area contributed by atoms with Gasteiger partial charge >= 0.3 is 0 Å². The Morgan fingerprint density at radius 1 is 1.41 bits per heavy atom. The lowest BCUT2D eigenvalue weighted by Gasteiger charge is -2.21. The Morgan fingerprint density at radius 3 is 2.77 bits per heavy atom. The van der Waals surface area contributed by atoms with Crippen LogP contribution >= 0.6 is 22.9 Å². The predicted octanol–water partition coefficient (Wildman–Crippen LogP) is 2.03. The Labute approximate surface area is 139 Å². The second kappa shape index (κ2) is 7.63. The molecule has 2 N–H and O–H groups in total. The van der Waals surface area contributed by atoms with Crippen LogP contribution in [0.2, 0.25) is 5.02 Å². The van der Waals surface area contributed by atoms with Crippen molar-refractivity contribution in [2.75, 3.05) is 27.7 Å². The lowest BCUT2D eigenvalue weighted by molar-refractivity contribution is -0.890. The van der Waals surface area contributed by atoms with E-state index in [0.717, 1.165) is 0 Å². The van der Waals surface area contributed by atoms with Crippen LogP contribution in [0, 0.1) is 0 Å². The van der Waals surface area contributed by atoms with E-state index in [-0.39, 0.29) is 11.9 Å². The normalized spacial score (nSPS) is 12.2. The molecule has 6 heteroatoms. The van der Waals surface area contributed by atoms with Gasteiger partial charge in [-0.05, 0) is 29.6 Å². The number of benzene rings is 1. The molecule has 22 heavy (non-hydrogen) atoms. The van der Waals surface area contributed by atoms with E-state index in [1.54, 1.807) is 36.6 Å². The lowest BCUT2D eigenvalue weighted by Crippen LogP contribution is -3.06. The van der Waals surface area contributed by atoms with E-state index in [4.69, 9.17) is 16.3 Å². The van der Waals surface area contributed by atoms with Crippen molar-refractivity contribution in [3.05, 3.63) is 51.2 Å². The summed E-state index contributed by atoms with van der Waals surface area (Å²) in [6.07, 6.45) is 0. The smallest absolute Gasteiger partial charge is 0.255 e. The van der Waals surface area contributed by atoms with Crippen molar-refractivity contribution in [2.45, 2.75) is 6.04 Å². The summed E-state index contributed by atoms with van der Waals surface area (Å²) in [5.41, 5.74) is 0.452. The van der Waals surface area contributed by atoms with Crippen LogP contribution in [0.5, 0.6) is 5.75 Å². The predicted molar refractivity (Wildman–Crippen MR) is 90.2 cm³/mol. The van der Waals surface area contributed by atoms with Gasteiger partial charge in [-0.3, -0.25) is 4.79 Å². The SMILES string of the molecule is COc1ccc(Cl)cc1C(=O)NC[C@H](c1cccs1)[NH+](C)C. The zero-order valence-corrected chi connectivity index (χ0v) is 14.4. The van der Waals surface area contributed by atoms with Crippen LogP contribution < -0.4 is 15.0 Å². The van der Waals surface area contributed by atoms with Gasteiger partial charge < -0.3 is 15.0 Å². The summed E-state index contributed by atoms with van der Waals surface area (Å²) < 4.78 is 5.23. The molecule has 1 aromatic heterocycles. The highest BCUT2D eigenvalue weighted by Gasteiger charge is 2.21. The van der Waals surface area contributed by atoms with Crippen molar-refractivity contribution >= 4 is 28.8 Å². The molecule has 2 aromatic rings. The number of nitrogens with one attached hydrogen (secondary N) is 2. The number of amides is 1. The van der Waals surface area contributed by atoms with Gasteiger partial charge in [-0.15, -0.1) is 11.3 Å². The summed E-state index contributed by atoms with van der Waals surface area (Å²) in [4.78, 5) is 14.9. The molecule has 0 bridgehead atoms. The van der Waals surface area contributed by atoms with Gasteiger partial charge in [0, 0.05) is 5.02 Å². The number of halogens is 1. The molecular formula is C16H20ClN2O2S+. The lowest BCUT2D eigenvalue weighted by atomic mass is 10.1. The van der Waals surface area contributed by atoms with Crippen LogP contribution in [0.3, 0.4) is 0 Å². The molecule has 1 atom stereocenters. The van der Waals surface area contributed by atoms with Crippen LogP contribution in [0.15, 0.2) is 35.7 Å². The van der Waals surface area contributed by atoms with E-state index in [1.165, 1.54) is 9.78 Å². The molecule has 0 aliphatic heterocycles. The molecule has 2 rings (SSSR count). The molecule has 0 aliphatic rings. The van der Waals surface area contributed by atoms with E-state index in [2.05, 4.69) is 25.5 Å². The van der Waals surface area contributed by atoms with Gasteiger partial charge in [0.1, 0.15) is 11.8 Å². The van der Waals surface area contributed by atoms with Crippen molar-refractivity contribution in [2.24, 2.45) is 0 Å². The van der Waals surface area contributed by atoms with Gasteiger partial charge in [-0.1, -0.05) is 17.7 Å². The first-order valence-corrected chi connectivity index (χ1v) is 8.24. The number of carbonyl (C=O) groups is 1. The standard InChI is InChI=1S/C16H19ClN2O2S/c1-19(2)13(15-5-4-8-22-15)10-18-16(20)12-9-11(17)6-7-14(12)21-3/h4-9,13H,10H2,1-3H3,(H,18,20)/p+1/t13-/m1/s1. The highest BCUT2D eigenvalue weighted by Crippen LogP contribution is 2.22. The number of quaternary nitrogens is 1. The quantitative estimate of drug-likeness (QED) is 0.845. The maximum Gasteiger partial charge on any atom is 0.255 e. The minimum Gasteiger partial charge on any atom is -0.496 e. The molecule has 1 amide bonds. The number of thiophene rings is 1. The number of carbonyl (C=O) groups excluding carboxylic acids is 1. The summed E-state index contributed by atoms with van der Waals surface area (Å²) in [6, 6.07) is 9.36. The zero-order valence-electron chi connectivity index (χ0n) is 12.9. The van der Waals surface area contributed by atoms with Gasteiger partial charge in [0.15, 0.2) is 0 Å². The van der Waals surface area contributed by atoms with Gasteiger partial charge in [0.25, 0.3) is 5.91 Å². The minimum absolute atomic E-state index is 0.179. The molecule has 0 spiro atoms. The Balaban J connectivity index is 2.10. The van der Waals surface area contributed by atoms with Crippen LogP contribution in [0.25, 0.3) is 0 Å². The third kappa shape index (κ3) is 4.00. The van der Waals surface area contributed by atoms with Gasteiger partial charge in [0.05, 0.1) is 38.2 Å². The van der Waals surface area contributed by atoms with E-state index in [9.17, 15) is 4.79 Å². The maximum absolute atomic E-state index is 12.4. The van der Waals surface area contributed by atoms with E-state index < -0.39 is 0 Å².